The lowest BCUT2D eigenvalue weighted by molar-refractivity contribution is 1.18. The van der Waals surface area contributed by atoms with Gasteiger partial charge in [0.1, 0.15) is 0 Å². The molecule has 200 valence electrons. The highest BCUT2D eigenvalue weighted by atomic mass is 15.0. The van der Waals surface area contributed by atoms with Gasteiger partial charge < -0.3 is 9.13 Å². The van der Waals surface area contributed by atoms with E-state index in [1.807, 2.05) is 0 Å². The van der Waals surface area contributed by atoms with Gasteiger partial charge in [-0.05, 0) is 85.6 Å². The van der Waals surface area contributed by atoms with Gasteiger partial charge in [0.15, 0.2) is 0 Å². The number of benzene rings is 6. The monoisotopic (exact) mass is 538 g/mol. The van der Waals surface area contributed by atoms with Crippen LogP contribution in [0, 0.1) is 13.8 Å². The first-order valence-corrected chi connectivity index (χ1v) is 14.5. The molecule has 6 aromatic carbocycles. The van der Waals surface area contributed by atoms with E-state index < -0.39 is 0 Å². The van der Waals surface area contributed by atoms with Gasteiger partial charge >= 0.3 is 0 Å². The molecule has 0 aliphatic carbocycles. The highest BCUT2D eigenvalue weighted by Gasteiger charge is 2.13. The van der Waals surface area contributed by atoms with Crippen LogP contribution in [0.3, 0.4) is 0 Å². The fraction of sp³-hybridized carbons (Fsp3) is 0.0500. The first-order valence-electron chi connectivity index (χ1n) is 14.5. The molecular weight excluding hydrogens is 508 g/mol. The van der Waals surface area contributed by atoms with Crippen molar-refractivity contribution in [3.63, 3.8) is 0 Å². The second-order valence-corrected chi connectivity index (χ2v) is 11.3. The van der Waals surface area contributed by atoms with Gasteiger partial charge in [-0.3, -0.25) is 0 Å². The molecule has 2 aromatic heterocycles. The van der Waals surface area contributed by atoms with Crippen molar-refractivity contribution in [1.82, 2.24) is 9.13 Å². The summed E-state index contributed by atoms with van der Waals surface area (Å²) in [5.74, 6) is 0. The maximum Gasteiger partial charge on any atom is 0.0541 e. The molecule has 2 heteroatoms. The third-order valence-corrected chi connectivity index (χ3v) is 8.43. The molecule has 42 heavy (non-hydrogen) atoms. The molecule has 0 radical (unpaired) electrons. The van der Waals surface area contributed by atoms with E-state index in [1.54, 1.807) is 0 Å². The largest absolute Gasteiger partial charge is 0.309 e. The van der Waals surface area contributed by atoms with Gasteiger partial charge in [-0.25, -0.2) is 0 Å². The van der Waals surface area contributed by atoms with E-state index >= 15 is 0 Å². The third kappa shape index (κ3) is 3.95. The summed E-state index contributed by atoms with van der Waals surface area (Å²) in [7, 11) is 0. The Kier molecular flexibility index (Phi) is 5.61. The van der Waals surface area contributed by atoms with Crippen LogP contribution in [0.2, 0.25) is 0 Å². The highest BCUT2D eigenvalue weighted by Crippen LogP contribution is 2.34. The molecular formula is C40H30N2. The van der Waals surface area contributed by atoms with E-state index in [2.05, 4.69) is 169 Å². The Morgan fingerprint density at radius 3 is 1.19 bits per heavy atom. The predicted octanol–water partition coefficient (Wildman–Crippen LogP) is 10.7. The van der Waals surface area contributed by atoms with E-state index in [9.17, 15) is 0 Å². The summed E-state index contributed by atoms with van der Waals surface area (Å²) in [6.07, 6.45) is 4.38. The number of aromatic nitrogens is 2. The lowest BCUT2D eigenvalue weighted by Crippen LogP contribution is -1.94. The summed E-state index contributed by atoms with van der Waals surface area (Å²) >= 11 is 0. The Hall–Kier alpha value is -5.34. The van der Waals surface area contributed by atoms with E-state index in [0.29, 0.717) is 0 Å². The molecule has 2 heterocycles. The van der Waals surface area contributed by atoms with Crippen LogP contribution in [0.25, 0.3) is 67.1 Å². The highest BCUT2D eigenvalue weighted by molar-refractivity contribution is 6.10. The van der Waals surface area contributed by atoms with Gasteiger partial charge in [0.25, 0.3) is 0 Å². The SMILES string of the molecule is Cc1ccc2c(c1)c1cc(C)ccc1n2-c1ccc(/C=C/c2ccc(-n3c4ccccc4c4ccccc43)cc2)cc1. The average Bonchev–Trinajstić information content (AvgIpc) is 3.53. The number of hydrogen-bond donors (Lipinski definition) is 0. The second kappa shape index (κ2) is 9.64. The number of aryl methyl sites for hydroxylation is 2. The van der Waals surface area contributed by atoms with Crippen LogP contribution < -0.4 is 0 Å². The van der Waals surface area contributed by atoms with Crippen molar-refractivity contribution < 1.29 is 0 Å². The Bertz CT molecular complexity index is 2180. The quantitative estimate of drug-likeness (QED) is 0.197. The topological polar surface area (TPSA) is 9.86 Å². The molecule has 0 unspecified atom stereocenters. The number of nitrogens with zero attached hydrogens (tertiary/aromatic N) is 2. The van der Waals surface area contributed by atoms with Crippen LogP contribution in [0.5, 0.6) is 0 Å². The zero-order valence-electron chi connectivity index (χ0n) is 23.8. The summed E-state index contributed by atoms with van der Waals surface area (Å²) in [4.78, 5) is 0. The van der Waals surface area contributed by atoms with Gasteiger partial charge in [-0.1, -0.05) is 96.1 Å². The van der Waals surface area contributed by atoms with E-state index in [-0.39, 0.29) is 0 Å². The first kappa shape index (κ1) is 24.5. The van der Waals surface area contributed by atoms with Crippen LogP contribution in [0.4, 0.5) is 0 Å². The van der Waals surface area contributed by atoms with Crippen LogP contribution >= 0.6 is 0 Å². The molecule has 0 saturated carbocycles. The zero-order chi connectivity index (χ0) is 28.2. The summed E-state index contributed by atoms with van der Waals surface area (Å²) in [5.41, 5.74) is 12.2. The minimum absolute atomic E-state index is 1.17. The molecule has 0 fully saturated rings. The minimum atomic E-state index is 1.17. The van der Waals surface area contributed by atoms with Crippen molar-refractivity contribution >= 4 is 55.8 Å². The van der Waals surface area contributed by atoms with Crippen LogP contribution in [-0.2, 0) is 0 Å². The summed E-state index contributed by atoms with van der Waals surface area (Å²) in [5, 5.41) is 5.18. The van der Waals surface area contributed by atoms with E-state index in [1.165, 1.54) is 77.2 Å². The zero-order valence-corrected chi connectivity index (χ0v) is 23.8. The molecule has 0 saturated heterocycles. The number of hydrogen-bond acceptors (Lipinski definition) is 0. The Morgan fingerprint density at radius 2 is 0.762 bits per heavy atom. The third-order valence-electron chi connectivity index (χ3n) is 8.43. The Balaban J connectivity index is 1.10. The van der Waals surface area contributed by atoms with Crippen LogP contribution in [-0.4, -0.2) is 9.13 Å². The molecule has 0 aliphatic rings. The molecule has 0 N–H and O–H groups in total. The summed E-state index contributed by atoms with van der Waals surface area (Å²) < 4.78 is 4.73. The van der Waals surface area contributed by atoms with Gasteiger partial charge in [-0.15, -0.1) is 0 Å². The van der Waals surface area contributed by atoms with Crippen molar-refractivity contribution in [2.24, 2.45) is 0 Å². The molecule has 0 aliphatic heterocycles. The summed E-state index contributed by atoms with van der Waals surface area (Å²) in [6.45, 7) is 4.33. The first-order chi connectivity index (χ1) is 20.6. The second-order valence-electron chi connectivity index (χ2n) is 11.3. The van der Waals surface area contributed by atoms with Gasteiger partial charge in [-0.2, -0.15) is 0 Å². The number of fused-ring (bicyclic) bond motifs is 6. The van der Waals surface area contributed by atoms with Crippen molar-refractivity contribution in [1.29, 1.82) is 0 Å². The minimum Gasteiger partial charge on any atom is -0.309 e. The molecule has 2 nitrogen and oxygen atoms in total. The van der Waals surface area contributed by atoms with Crippen molar-refractivity contribution in [2.45, 2.75) is 13.8 Å². The van der Waals surface area contributed by atoms with Gasteiger partial charge in [0.2, 0.25) is 0 Å². The molecule has 8 aromatic rings. The molecule has 0 spiro atoms. The van der Waals surface area contributed by atoms with E-state index in [4.69, 9.17) is 0 Å². The van der Waals surface area contributed by atoms with Crippen molar-refractivity contribution in [3.05, 3.63) is 156 Å². The smallest absolute Gasteiger partial charge is 0.0541 e. The van der Waals surface area contributed by atoms with Crippen LogP contribution in [0.15, 0.2) is 133 Å². The summed E-state index contributed by atoms with van der Waals surface area (Å²) in [6, 6.07) is 48.5. The molecule has 0 amide bonds. The average molecular weight is 539 g/mol. The Labute approximate surface area is 245 Å². The lowest BCUT2D eigenvalue weighted by atomic mass is 10.1. The number of rotatable bonds is 4. The molecule has 0 bridgehead atoms. The van der Waals surface area contributed by atoms with Crippen molar-refractivity contribution in [2.75, 3.05) is 0 Å². The van der Waals surface area contributed by atoms with Crippen LogP contribution in [0.1, 0.15) is 22.3 Å². The maximum atomic E-state index is 2.38. The standard InChI is InChI=1S/C40H30N2/c1-27-11-23-39-35(25-27)36-26-28(2)12-24-40(36)42(39)32-21-17-30(18-22-32)14-13-29-15-19-31(20-16-29)41-37-9-5-3-7-33(37)34-8-4-6-10-38(34)41/h3-26H,1-2H3/b14-13+. The maximum absolute atomic E-state index is 2.38. The lowest BCUT2D eigenvalue weighted by Gasteiger charge is -2.09. The fourth-order valence-electron chi connectivity index (χ4n) is 6.39. The normalized spacial score (nSPS) is 12.0. The predicted molar refractivity (Wildman–Crippen MR) is 180 cm³/mol. The molecule has 8 rings (SSSR count). The van der Waals surface area contributed by atoms with Gasteiger partial charge in [0.05, 0.1) is 22.1 Å². The molecule has 0 atom stereocenters. The van der Waals surface area contributed by atoms with Gasteiger partial charge in [0, 0.05) is 32.9 Å². The number of para-hydroxylation sites is 2. The van der Waals surface area contributed by atoms with E-state index in [0.717, 1.165) is 0 Å². The fourth-order valence-corrected chi connectivity index (χ4v) is 6.39. The van der Waals surface area contributed by atoms with Crippen molar-refractivity contribution in [3.8, 4) is 11.4 Å². The Morgan fingerprint density at radius 1 is 0.381 bits per heavy atom.